The van der Waals surface area contributed by atoms with Crippen molar-refractivity contribution in [3.63, 3.8) is 0 Å². The Morgan fingerprint density at radius 2 is 2.29 bits per heavy atom. The molecular formula is C11H18O3. The largest absolute Gasteiger partial charge is 0.466 e. The summed E-state index contributed by atoms with van der Waals surface area (Å²) in [5.41, 5.74) is 0. The van der Waals surface area contributed by atoms with Crippen LogP contribution in [0, 0.1) is 0 Å². The van der Waals surface area contributed by atoms with Gasteiger partial charge in [-0.15, -0.1) is 0 Å². The zero-order valence-corrected chi connectivity index (χ0v) is 8.61. The van der Waals surface area contributed by atoms with Gasteiger partial charge >= 0.3 is 0 Å². The molecule has 3 heteroatoms. The normalized spacial score (nSPS) is 13.0. The molecule has 1 unspecified atom stereocenters. The Morgan fingerprint density at radius 3 is 2.86 bits per heavy atom. The van der Waals surface area contributed by atoms with E-state index in [0.717, 1.165) is 12.8 Å². The summed E-state index contributed by atoms with van der Waals surface area (Å²) in [5.74, 6) is 0.698. The van der Waals surface area contributed by atoms with Gasteiger partial charge < -0.3 is 4.42 Å². The molecule has 0 fully saturated rings. The lowest BCUT2D eigenvalue weighted by Gasteiger charge is -2.09. The fourth-order valence-corrected chi connectivity index (χ4v) is 1.48. The number of hydrogen-bond donors (Lipinski definition) is 1. The lowest BCUT2D eigenvalue weighted by atomic mass is 10.1. The first-order valence-corrected chi connectivity index (χ1v) is 5.22. The molecule has 0 aliphatic carbocycles. The maximum atomic E-state index is 8.69. The Labute approximate surface area is 84.6 Å². The molecule has 0 spiro atoms. The van der Waals surface area contributed by atoms with E-state index in [9.17, 15) is 0 Å². The van der Waals surface area contributed by atoms with Gasteiger partial charge in [-0.3, -0.25) is 5.26 Å². The number of furan rings is 1. The molecule has 0 bridgehead atoms. The summed E-state index contributed by atoms with van der Waals surface area (Å²) >= 11 is 0. The molecule has 0 aliphatic heterocycles. The van der Waals surface area contributed by atoms with Gasteiger partial charge in [0.1, 0.15) is 5.76 Å². The van der Waals surface area contributed by atoms with E-state index >= 15 is 0 Å². The molecule has 3 nitrogen and oxygen atoms in total. The average molecular weight is 198 g/mol. The first-order chi connectivity index (χ1) is 6.88. The summed E-state index contributed by atoms with van der Waals surface area (Å²) in [6.45, 7) is 2.17. The summed E-state index contributed by atoms with van der Waals surface area (Å²) in [6, 6.07) is 3.62. The second-order valence-electron chi connectivity index (χ2n) is 3.46. The lowest BCUT2D eigenvalue weighted by molar-refractivity contribution is -0.287. The standard InChI is InChI=1S/C11H18O3/c1-2-3-4-5-7-11(14-12)10-8-6-9-13-10/h6,8-9,11-12H,2-5,7H2,1H3. The minimum absolute atomic E-state index is 0.304. The van der Waals surface area contributed by atoms with Crippen molar-refractivity contribution < 1.29 is 14.6 Å². The van der Waals surface area contributed by atoms with Gasteiger partial charge in [0.05, 0.1) is 6.26 Å². The molecule has 14 heavy (non-hydrogen) atoms. The highest BCUT2D eigenvalue weighted by Crippen LogP contribution is 2.23. The van der Waals surface area contributed by atoms with Crippen molar-refractivity contribution in [3.8, 4) is 0 Å². The molecule has 0 saturated carbocycles. The molecule has 1 aromatic heterocycles. The number of unbranched alkanes of at least 4 members (excludes halogenated alkanes) is 3. The average Bonchev–Trinajstić information content (AvgIpc) is 2.71. The van der Waals surface area contributed by atoms with Crippen LogP contribution >= 0.6 is 0 Å². The fraction of sp³-hybridized carbons (Fsp3) is 0.636. The van der Waals surface area contributed by atoms with Crippen molar-refractivity contribution in [1.29, 1.82) is 0 Å². The smallest absolute Gasteiger partial charge is 0.150 e. The van der Waals surface area contributed by atoms with E-state index in [1.807, 2.05) is 6.07 Å². The topological polar surface area (TPSA) is 42.6 Å². The zero-order valence-electron chi connectivity index (χ0n) is 8.61. The van der Waals surface area contributed by atoms with Crippen molar-refractivity contribution in [1.82, 2.24) is 0 Å². The summed E-state index contributed by atoms with van der Waals surface area (Å²) < 4.78 is 5.16. The van der Waals surface area contributed by atoms with Crippen molar-refractivity contribution in [2.45, 2.75) is 45.1 Å². The summed E-state index contributed by atoms with van der Waals surface area (Å²) in [7, 11) is 0. The molecule has 80 valence electrons. The molecule has 1 aromatic rings. The van der Waals surface area contributed by atoms with Gasteiger partial charge in [0.25, 0.3) is 0 Å². The summed E-state index contributed by atoms with van der Waals surface area (Å²) in [4.78, 5) is 4.38. The Bertz CT molecular complexity index is 218. The van der Waals surface area contributed by atoms with Crippen molar-refractivity contribution in [2.75, 3.05) is 0 Å². The van der Waals surface area contributed by atoms with E-state index < -0.39 is 0 Å². The number of rotatable bonds is 7. The lowest BCUT2D eigenvalue weighted by Crippen LogP contribution is -2.00. The highest BCUT2D eigenvalue weighted by molar-refractivity contribution is 5.01. The maximum absolute atomic E-state index is 8.69. The van der Waals surface area contributed by atoms with Crippen LogP contribution in [0.4, 0.5) is 0 Å². The van der Waals surface area contributed by atoms with E-state index in [1.54, 1.807) is 12.3 Å². The molecule has 1 N–H and O–H groups in total. The van der Waals surface area contributed by atoms with Crippen LogP contribution < -0.4 is 0 Å². The maximum Gasteiger partial charge on any atom is 0.150 e. The SMILES string of the molecule is CCCCCCC(OO)c1ccco1. The predicted octanol–water partition coefficient (Wildman–Crippen LogP) is 3.78. The van der Waals surface area contributed by atoms with Crippen LogP contribution in [0.25, 0.3) is 0 Å². The molecule has 0 aliphatic rings. The van der Waals surface area contributed by atoms with Crippen molar-refractivity contribution in [3.05, 3.63) is 24.2 Å². The van der Waals surface area contributed by atoms with Gasteiger partial charge in [-0.25, -0.2) is 4.89 Å². The third kappa shape index (κ3) is 3.52. The highest BCUT2D eigenvalue weighted by atomic mass is 17.1. The van der Waals surface area contributed by atoms with Crippen LogP contribution in [0.15, 0.2) is 22.8 Å². The van der Waals surface area contributed by atoms with Gasteiger partial charge in [-0.2, -0.15) is 0 Å². The quantitative estimate of drug-likeness (QED) is 0.412. The van der Waals surface area contributed by atoms with Gasteiger partial charge in [-0.1, -0.05) is 32.6 Å². The van der Waals surface area contributed by atoms with Crippen LogP contribution in [0.5, 0.6) is 0 Å². The van der Waals surface area contributed by atoms with Crippen LogP contribution in [-0.4, -0.2) is 5.26 Å². The molecule has 0 aromatic carbocycles. The van der Waals surface area contributed by atoms with Gasteiger partial charge in [0.2, 0.25) is 0 Å². The first-order valence-electron chi connectivity index (χ1n) is 5.22. The van der Waals surface area contributed by atoms with Crippen molar-refractivity contribution >= 4 is 0 Å². The molecular weight excluding hydrogens is 180 g/mol. The minimum Gasteiger partial charge on any atom is -0.466 e. The monoisotopic (exact) mass is 198 g/mol. The van der Waals surface area contributed by atoms with E-state index in [4.69, 9.17) is 9.67 Å². The summed E-state index contributed by atoms with van der Waals surface area (Å²) in [6.07, 6.45) is 6.78. The van der Waals surface area contributed by atoms with Gasteiger partial charge in [0, 0.05) is 0 Å². The predicted molar refractivity (Wildman–Crippen MR) is 53.9 cm³/mol. The molecule has 1 heterocycles. The summed E-state index contributed by atoms with van der Waals surface area (Å²) in [5, 5.41) is 8.69. The third-order valence-electron chi connectivity index (χ3n) is 2.31. The minimum atomic E-state index is -0.304. The number of hydrogen-bond acceptors (Lipinski definition) is 3. The Balaban J connectivity index is 2.26. The van der Waals surface area contributed by atoms with Crippen LogP contribution in [0.1, 0.15) is 50.9 Å². The van der Waals surface area contributed by atoms with Gasteiger partial charge in [-0.05, 0) is 18.6 Å². The van der Waals surface area contributed by atoms with Gasteiger partial charge in [0.15, 0.2) is 6.10 Å². The van der Waals surface area contributed by atoms with E-state index in [1.165, 1.54) is 19.3 Å². The first kappa shape index (κ1) is 11.3. The Hall–Kier alpha value is -0.800. The van der Waals surface area contributed by atoms with E-state index in [2.05, 4.69) is 11.8 Å². The Morgan fingerprint density at radius 1 is 1.43 bits per heavy atom. The second-order valence-corrected chi connectivity index (χ2v) is 3.46. The van der Waals surface area contributed by atoms with Crippen LogP contribution in [0.2, 0.25) is 0 Å². The van der Waals surface area contributed by atoms with Crippen molar-refractivity contribution in [2.24, 2.45) is 0 Å². The van der Waals surface area contributed by atoms with E-state index in [0.29, 0.717) is 5.76 Å². The third-order valence-corrected chi connectivity index (χ3v) is 2.31. The molecule has 0 radical (unpaired) electrons. The molecule has 1 atom stereocenters. The van der Waals surface area contributed by atoms with Crippen LogP contribution in [-0.2, 0) is 4.89 Å². The van der Waals surface area contributed by atoms with E-state index in [-0.39, 0.29) is 6.10 Å². The highest BCUT2D eigenvalue weighted by Gasteiger charge is 2.13. The fourth-order valence-electron chi connectivity index (χ4n) is 1.48. The molecule has 1 rings (SSSR count). The molecule has 0 amide bonds. The zero-order chi connectivity index (χ0) is 10.2. The second kappa shape index (κ2) is 6.62. The molecule has 0 saturated heterocycles. The Kier molecular flexibility index (Phi) is 5.33. The van der Waals surface area contributed by atoms with Crippen LogP contribution in [0.3, 0.4) is 0 Å².